The quantitative estimate of drug-likeness (QED) is 0.920. The van der Waals surface area contributed by atoms with Crippen molar-refractivity contribution in [2.75, 3.05) is 19.0 Å². The fourth-order valence-corrected chi connectivity index (χ4v) is 2.51. The van der Waals surface area contributed by atoms with E-state index < -0.39 is 0 Å². The molecule has 1 aromatic carbocycles. The molecular formula is C15H21ClN4. The highest BCUT2D eigenvalue weighted by Gasteiger charge is 2.11. The van der Waals surface area contributed by atoms with Crippen LogP contribution in [0.25, 0.3) is 0 Å². The van der Waals surface area contributed by atoms with Gasteiger partial charge in [-0.2, -0.15) is 0 Å². The molecule has 0 radical (unpaired) electrons. The lowest BCUT2D eigenvalue weighted by Gasteiger charge is -2.17. The standard InChI is InChI=1S/C15H21ClN4/c1-11(13-7-5-6-8-14(13)16)17-9-12-10-18-15(19(2)3)20(12)4/h5-8,10-11,17H,9H2,1-4H3/t11-/m1/s1. The van der Waals surface area contributed by atoms with E-state index >= 15 is 0 Å². The summed E-state index contributed by atoms with van der Waals surface area (Å²) in [6, 6.07) is 8.12. The van der Waals surface area contributed by atoms with Crippen molar-refractivity contribution in [1.29, 1.82) is 0 Å². The van der Waals surface area contributed by atoms with Crippen LogP contribution < -0.4 is 10.2 Å². The summed E-state index contributed by atoms with van der Waals surface area (Å²) in [7, 11) is 6.01. The van der Waals surface area contributed by atoms with Crippen LogP contribution >= 0.6 is 11.6 Å². The van der Waals surface area contributed by atoms with Gasteiger partial charge >= 0.3 is 0 Å². The fourth-order valence-electron chi connectivity index (χ4n) is 2.21. The molecule has 0 aliphatic rings. The first-order valence-corrected chi connectivity index (χ1v) is 7.04. The van der Waals surface area contributed by atoms with Crippen molar-refractivity contribution in [3.63, 3.8) is 0 Å². The van der Waals surface area contributed by atoms with Gasteiger partial charge in [0.2, 0.25) is 5.95 Å². The molecule has 4 nitrogen and oxygen atoms in total. The number of hydrogen-bond acceptors (Lipinski definition) is 3. The van der Waals surface area contributed by atoms with Gasteiger partial charge in [0.15, 0.2) is 0 Å². The summed E-state index contributed by atoms with van der Waals surface area (Å²) >= 11 is 6.21. The summed E-state index contributed by atoms with van der Waals surface area (Å²) < 4.78 is 2.09. The SMILES string of the molecule is C[C@@H](NCc1cnc(N(C)C)n1C)c1ccccc1Cl. The molecule has 20 heavy (non-hydrogen) atoms. The average Bonchev–Trinajstić information content (AvgIpc) is 2.78. The molecule has 1 N–H and O–H groups in total. The Morgan fingerprint density at radius 2 is 2.05 bits per heavy atom. The maximum Gasteiger partial charge on any atom is 0.204 e. The Labute approximate surface area is 125 Å². The number of rotatable bonds is 5. The molecule has 0 bridgehead atoms. The van der Waals surface area contributed by atoms with Crippen molar-refractivity contribution >= 4 is 17.5 Å². The molecule has 0 unspecified atom stereocenters. The topological polar surface area (TPSA) is 33.1 Å². The molecule has 2 rings (SSSR count). The number of imidazole rings is 1. The number of aromatic nitrogens is 2. The van der Waals surface area contributed by atoms with Gasteiger partial charge in [0.25, 0.3) is 0 Å². The summed E-state index contributed by atoms with van der Waals surface area (Å²) in [5.41, 5.74) is 2.26. The van der Waals surface area contributed by atoms with Gasteiger partial charge in [0.05, 0.1) is 11.9 Å². The second kappa shape index (κ2) is 6.29. The first-order valence-electron chi connectivity index (χ1n) is 6.66. The highest BCUT2D eigenvalue weighted by atomic mass is 35.5. The molecule has 0 saturated carbocycles. The minimum absolute atomic E-state index is 0.196. The molecule has 0 aliphatic heterocycles. The number of nitrogens with zero attached hydrogens (tertiary/aromatic N) is 3. The van der Waals surface area contributed by atoms with Gasteiger partial charge in [-0.05, 0) is 18.6 Å². The largest absolute Gasteiger partial charge is 0.348 e. The first-order chi connectivity index (χ1) is 9.50. The van der Waals surface area contributed by atoms with Crippen LogP contribution in [0.15, 0.2) is 30.5 Å². The van der Waals surface area contributed by atoms with Crippen LogP contribution in [-0.2, 0) is 13.6 Å². The predicted octanol–water partition coefficient (Wildman–Crippen LogP) is 2.99. The molecule has 1 heterocycles. The summed E-state index contributed by atoms with van der Waals surface area (Å²) in [6.07, 6.45) is 1.90. The molecule has 0 spiro atoms. The third kappa shape index (κ3) is 3.14. The Morgan fingerprint density at radius 1 is 1.35 bits per heavy atom. The maximum absolute atomic E-state index is 6.21. The van der Waals surface area contributed by atoms with Crippen LogP contribution in [0.2, 0.25) is 5.02 Å². The molecule has 0 aliphatic carbocycles. The fraction of sp³-hybridized carbons (Fsp3) is 0.400. The van der Waals surface area contributed by atoms with Gasteiger partial charge in [-0.1, -0.05) is 29.8 Å². The average molecular weight is 293 g/mol. The Bertz CT molecular complexity index is 577. The molecule has 0 saturated heterocycles. The minimum Gasteiger partial charge on any atom is -0.348 e. The van der Waals surface area contributed by atoms with E-state index in [1.165, 1.54) is 0 Å². The minimum atomic E-state index is 0.196. The predicted molar refractivity (Wildman–Crippen MR) is 84.2 cm³/mol. The van der Waals surface area contributed by atoms with Gasteiger partial charge in [0, 0.05) is 38.8 Å². The smallest absolute Gasteiger partial charge is 0.204 e. The monoisotopic (exact) mass is 292 g/mol. The molecule has 1 atom stereocenters. The summed E-state index contributed by atoms with van der Waals surface area (Å²) in [6.45, 7) is 2.87. The van der Waals surface area contributed by atoms with Gasteiger partial charge in [-0.25, -0.2) is 4.98 Å². The molecule has 0 fully saturated rings. The zero-order valence-electron chi connectivity index (χ0n) is 12.4. The summed E-state index contributed by atoms with van der Waals surface area (Å²) in [4.78, 5) is 6.41. The van der Waals surface area contributed by atoms with E-state index in [1.807, 2.05) is 50.4 Å². The Hall–Kier alpha value is -1.52. The molecule has 2 aromatic rings. The van der Waals surface area contributed by atoms with E-state index in [1.54, 1.807) is 0 Å². The molecular weight excluding hydrogens is 272 g/mol. The molecule has 0 amide bonds. The van der Waals surface area contributed by atoms with Gasteiger partial charge in [-0.3, -0.25) is 0 Å². The number of benzene rings is 1. The number of anilines is 1. The highest BCUT2D eigenvalue weighted by molar-refractivity contribution is 6.31. The van der Waals surface area contributed by atoms with Crippen molar-refractivity contribution in [2.45, 2.75) is 19.5 Å². The van der Waals surface area contributed by atoms with Crippen LogP contribution in [0, 0.1) is 0 Å². The maximum atomic E-state index is 6.21. The van der Waals surface area contributed by atoms with Crippen LogP contribution in [0.5, 0.6) is 0 Å². The second-order valence-electron chi connectivity index (χ2n) is 5.13. The lowest BCUT2D eigenvalue weighted by Crippen LogP contribution is -2.21. The van der Waals surface area contributed by atoms with Crippen molar-refractivity contribution in [3.8, 4) is 0 Å². The zero-order chi connectivity index (χ0) is 14.7. The summed E-state index contributed by atoms with van der Waals surface area (Å²) in [5, 5.41) is 4.28. The van der Waals surface area contributed by atoms with Gasteiger partial charge < -0.3 is 14.8 Å². The van der Waals surface area contributed by atoms with Crippen LogP contribution in [-0.4, -0.2) is 23.6 Å². The van der Waals surface area contributed by atoms with E-state index in [2.05, 4.69) is 27.9 Å². The Morgan fingerprint density at radius 3 is 2.65 bits per heavy atom. The van der Waals surface area contributed by atoms with E-state index in [-0.39, 0.29) is 6.04 Å². The molecule has 108 valence electrons. The number of nitrogens with one attached hydrogen (secondary N) is 1. The lowest BCUT2D eigenvalue weighted by atomic mass is 10.1. The number of halogens is 1. The van der Waals surface area contributed by atoms with E-state index in [9.17, 15) is 0 Å². The number of hydrogen-bond donors (Lipinski definition) is 1. The van der Waals surface area contributed by atoms with Crippen molar-refractivity contribution in [3.05, 3.63) is 46.7 Å². The van der Waals surface area contributed by atoms with Crippen molar-refractivity contribution in [2.24, 2.45) is 7.05 Å². The van der Waals surface area contributed by atoms with Gasteiger partial charge in [0.1, 0.15) is 0 Å². The van der Waals surface area contributed by atoms with Crippen molar-refractivity contribution in [1.82, 2.24) is 14.9 Å². The third-order valence-corrected chi connectivity index (χ3v) is 3.77. The lowest BCUT2D eigenvalue weighted by molar-refractivity contribution is 0.558. The van der Waals surface area contributed by atoms with E-state index in [4.69, 9.17) is 11.6 Å². The first kappa shape index (κ1) is 14.9. The van der Waals surface area contributed by atoms with Crippen LogP contribution in [0.4, 0.5) is 5.95 Å². The zero-order valence-corrected chi connectivity index (χ0v) is 13.1. The molecule has 1 aromatic heterocycles. The Balaban J connectivity index is 2.04. The Kier molecular flexibility index (Phi) is 4.68. The molecule has 5 heteroatoms. The van der Waals surface area contributed by atoms with Crippen molar-refractivity contribution < 1.29 is 0 Å². The van der Waals surface area contributed by atoms with Crippen LogP contribution in [0.1, 0.15) is 24.2 Å². The normalized spacial score (nSPS) is 12.4. The highest BCUT2D eigenvalue weighted by Crippen LogP contribution is 2.22. The summed E-state index contributed by atoms with van der Waals surface area (Å²) in [5.74, 6) is 0.951. The van der Waals surface area contributed by atoms with E-state index in [0.717, 1.165) is 28.8 Å². The second-order valence-corrected chi connectivity index (χ2v) is 5.53. The van der Waals surface area contributed by atoms with Gasteiger partial charge in [-0.15, -0.1) is 0 Å². The van der Waals surface area contributed by atoms with E-state index in [0.29, 0.717) is 0 Å². The van der Waals surface area contributed by atoms with Crippen LogP contribution in [0.3, 0.4) is 0 Å². The third-order valence-electron chi connectivity index (χ3n) is 3.42.